The SMILES string of the molecule is CC(C)(c1cc(S)c(O)c(S)c1)c1cc(S)c(O)c(S)c1. The molecule has 2 nitrogen and oxygen atoms in total. The van der Waals surface area contributed by atoms with Crippen LogP contribution in [0, 0.1) is 0 Å². The summed E-state index contributed by atoms with van der Waals surface area (Å²) in [5.74, 6) is 0.133. The molecule has 0 atom stereocenters. The third kappa shape index (κ3) is 3.13. The zero-order valence-corrected chi connectivity index (χ0v) is 15.1. The lowest BCUT2D eigenvalue weighted by molar-refractivity contribution is 0.446. The fraction of sp³-hybridized carbons (Fsp3) is 0.200. The highest BCUT2D eigenvalue weighted by molar-refractivity contribution is 7.81. The zero-order chi connectivity index (χ0) is 15.9. The molecule has 0 radical (unpaired) electrons. The van der Waals surface area contributed by atoms with Crippen LogP contribution in [0.25, 0.3) is 0 Å². The van der Waals surface area contributed by atoms with Crippen LogP contribution in [-0.2, 0) is 5.41 Å². The highest BCUT2D eigenvalue weighted by Crippen LogP contribution is 2.41. The third-order valence-electron chi connectivity index (χ3n) is 3.58. The summed E-state index contributed by atoms with van der Waals surface area (Å²) in [5, 5.41) is 19.6. The normalized spacial score (nSPS) is 11.7. The highest BCUT2D eigenvalue weighted by atomic mass is 32.1. The van der Waals surface area contributed by atoms with Crippen LogP contribution in [0.15, 0.2) is 43.8 Å². The molecule has 0 aliphatic rings. The Morgan fingerprint density at radius 3 is 1.14 bits per heavy atom. The summed E-state index contributed by atoms with van der Waals surface area (Å²) in [7, 11) is 0. The lowest BCUT2D eigenvalue weighted by Gasteiger charge is -2.28. The maximum Gasteiger partial charge on any atom is 0.142 e. The van der Waals surface area contributed by atoms with Gasteiger partial charge in [-0.05, 0) is 35.4 Å². The second kappa shape index (κ2) is 5.91. The Morgan fingerprint density at radius 2 is 0.905 bits per heavy atom. The van der Waals surface area contributed by atoms with E-state index in [-0.39, 0.29) is 16.9 Å². The molecular weight excluding hydrogens is 340 g/mol. The van der Waals surface area contributed by atoms with Crippen LogP contribution in [0.1, 0.15) is 25.0 Å². The van der Waals surface area contributed by atoms with Crippen molar-refractivity contribution >= 4 is 50.5 Å². The van der Waals surface area contributed by atoms with Crippen LogP contribution in [0.4, 0.5) is 0 Å². The second-order valence-electron chi connectivity index (χ2n) is 5.35. The molecule has 2 aromatic carbocycles. The first-order valence-electron chi connectivity index (χ1n) is 6.15. The van der Waals surface area contributed by atoms with E-state index < -0.39 is 0 Å². The number of thiol groups is 4. The lowest BCUT2D eigenvalue weighted by Crippen LogP contribution is -2.19. The van der Waals surface area contributed by atoms with Crippen LogP contribution in [-0.4, -0.2) is 10.2 Å². The molecule has 112 valence electrons. The van der Waals surface area contributed by atoms with Crippen molar-refractivity contribution in [1.82, 2.24) is 0 Å². The van der Waals surface area contributed by atoms with E-state index in [1.165, 1.54) is 0 Å². The van der Waals surface area contributed by atoms with Crippen molar-refractivity contribution in [2.75, 3.05) is 0 Å². The molecule has 0 aromatic heterocycles. The minimum Gasteiger partial charge on any atom is -0.506 e. The Hall–Kier alpha value is -0.560. The van der Waals surface area contributed by atoms with Gasteiger partial charge in [-0.2, -0.15) is 0 Å². The molecule has 0 aliphatic heterocycles. The number of aromatic hydroxyl groups is 2. The van der Waals surface area contributed by atoms with Gasteiger partial charge in [0.25, 0.3) is 0 Å². The quantitative estimate of drug-likeness (QED) is 0.446. The van der Waals surface area contributed by atoms with Gasteiger partial charge in [-0.3, -0.25) is 0 Å². The van der Waals surface area contributed by atoms with Crippen molar-refractivity contribution in [2.24, 2.45) is 0 Å². The highest BCUT2D eigenvalue weighted by Gasteiger charge is 2.26. The van der Waals surface area contributed by atoms with Gasteiger partial charge in [0.2, 0.25) is 0 Å². The predicted molar refractivity (Wildman–Crippen MR) is 97.3 cm³/mol. The first-order valence-corrected chi connectivity index (χ1v) is 7.94. The Balaban J connectivity index is 2.61. The molecule has 0 amide bonds. The molecule has 0 aliphatic carbocycles. The second-order valence-corrected chi connectivity index (χ2v) is 7.28. The molecule has 0 fully saturated rings. The molecule has 2 N–H and O–H groups in total. The van der Waals surface area contributed by atoms with E-state index in [1.54, 1.807) is 24.3 Å². The van der Waals surface area contributed by atoms with E-state index in [4.69, 9.17) is 0 Å². The molecule has 0 saturated carbocycles. The summed E-state index contributed by atoms with van der Waals surface area (Å²) in [4.78, 5) is 1.89. The Bertz CT molecular complexity index is 605. The van der Waals surface area contributed by atoms with Crippen molar-refractivity contribution in [3.63, 3.8) is 0 Å². The molecule has 0 bridgehead atoms. The summed E-state index contributed by atoms with van der Waals surface area (Å²) >= 11 is 17.1. The van der Waals surface area contributed by atoms with Gasteiger partial charge in [0.05, 0.1) is 0 Å². The summed E-state index contributed by atoms with van der Waals surface area (Å²) < 4.78 is 0. The molecule has 21 heavy (non-hydrogen) atoms. The van der Waals surface area contributed by atoms with Crippen LogP contribution in [0.3, 0.4) is 0 Å². The number of rotatable bonds is 2. The Kier molecular flexibility index (Phi) is 4.73. The van der Waals surface area contributed by atoms with Crippen molar-refractivity contribution in [1.29, 1.82) is 0 Å². The van der Waals surface area contributed by atoms with Crippen LogP contribution < -0.4 is 0 Å². The average Bonchev–Trinajstić information content (AvgIpc) is 2.40. The molecule has 2 aromatic rings. The molecule has 0 spiro atoms. The van der Waals surface area contributed by atoms with Crippen molar-refractivity contribution in [3.8, 4) is 11.5 Å². The molecule has 2 rings (SSSR count). The molecule has 0 heterocycles. The first-order chi connectivity index (χ1) is 9.64. The molecular formula is C15H16O2S4. The predicted octanol–water partition coefficient (Wildman–Crippen LogP) is 4.58. The van der Waals surface area contributed by atoms with Gasteiger partial charge in [0.1, 0.15) is 11.5 Å². The van der Waals surface area contributed by atoms with Crippen molar-refractivity contribution in [3.05, 3.63) is 35.4 Å². The summed E-state index contributed by atoms with van der Waals surface area (Å²) in [6.07, 6.45) is 0. The Labute approximate surface area is 146 Å². The zero-order valence-electron chi connectivity index (χ0n) is 11.5. The van der Waals surface area contributed by atoms with E-state index in [1.807, 2.05) is 13.8 Å². The fourth-order valence-electron chi connectivity index (χ4n) is 2.10. The third-order valence-corrected chi connectivity index (χ3v) is 4.95. The van der Waals surface area contributed by atoms with E-state index in [9.17, 15) is 10.2 Å². The average molecular weight is 357 g/mol. The van der Waals surface area contributed by atoms with Gasteiger partial charge < -0.3 is 10.2 Å². The smallest absolute Gasteiger partial charge is 0.142 e. The van der Waals surface area contributed by atoms with Crippen molar-refractivity contribution < 1.29 is 10.2 Å². The van der Waals surface area contributed by atoms with Gasteiger partial charge in [0.15, 0.2) is 0 Å². The molecule has 0 saturated heterocycles. The number of hydrogen-bond donors (Lipinski definition) is 6. The largest absolute Gasteiger partial charge is 0.506 e. The number of phenols is 2. The Morgan fingerprint density at radius 1 is 0.667 bits per heavy atom. The van der Waals surface area contributed by atoms with E-state index in [0.29, 0.717) is 19.6 Å². The molecule has 0 unspecified atom stereocenters. The van der Waals surface area contributed by atoms with Crippen LogP contribution in [0.2, 0.25) is 0 Å². The van der Waals surface area contributed by atoms with Crippen LogP contribution >= 0.6 is 50.5 Å². The topological polar surface area (TPSA) is 40.5 Å². The number of hydrogen-bond acceptors (Lipinski definition) is 6. The van der Waals surface area contributed by atoms with Gasteiger partial charge >= 0.3 is 0 Å². The minimum atomic E-state index is -0.384. The standard InChI is InChI=1S/C15H16O2S4/c1-15(2,7-3-9(18)13(16)10(19)4-7)8-5-11(20)14(17)12(21)6-8/h3-6,16-21H,1-2H3. The molecule has 6 heteroatoms. The van der Waals surface area contributed by atoms with Gasteiger partial charge in [-0.25, -0.2) is 0 Å². The first kappa shape index (κ1) is 16.8. The summed E-state index contributed by atoms with van der Waals surface area (Å²) in [5.41, 5.74) is 1.51. The van der Waals surface area contributed by atoms with E-state index >= 15 is 0 Å². The minimum absolute atomic E-state index is 0.0664. The van der Waals surface area contributed by atoms with E-state index in [0.717, 1.165) is 11.1 Å². The summed E-state index contributed by atoms with van der Waals surface area (Å²) in [6.45, 7) is 4.07. The lowest BCUT2D eigenvalue weighted by atomic mass is 9.78. The maximum atomic E-state index is 9.78. The number of benzene rings is 2. The maximum absolute atomic E-state index is 9.78. The summed E-state index contributed by atoms with van der Waals surface area (Å²) in [6, 6.07) is 7.23. The number of phenolic OH excluding ortho intramolecular Hbond substituents is 2. The van der Waals surface area contributed by atoms with E-state index in [2.05, 4.69) is 50.5 Å². The van der Waals surface area contributed by atoms with Gasteiger partial charge in [0, 0.05) is 25.0 Å². The van der Waals surface area contributed by atoms with Gasteiger partial charge in [-0.15, -0.1) is 50.5 Å². The van der Waals surface area contributed by atoms with Crippen molar-refractivity contribution in [2.45, 2.75) is 38.8 Å². The monoisotopic (exact) mass is 356 g/mol. The van der Waals surface area contributed by atoms with Crippen LogP contribution in [0.5, 0.6) is 11.5 Å². The fourth-order valence-corrected chi connectivity index (χ4v) is 3.31. The van der Waals surface area contributed by atoms with Gasteiger partial charge in [-0.1, -0.05) is 13.8 Å².